The Kier molecular flexibility index (Phi) is 6.56. The van der Waals surface area contributed by atoms with Gasteiger partial charge in [0.15, 0.2) is 11.8 Å². The molecule has 0 bridgehead atoms. The molecule has 0 aliphatic heterocycles. The van der Waals surface area contributed by atoms with E-state index in [1.54, 1.807) is 0 Å². The molecule has 0 fully saturated rings. The van der Waals surface area contributed by atoms with Gasteiger partial charge in [-0.05, 0) is 51.8 Å². The summed E-state index contributed by atoms with van der Waals surface area (Å²) in [6.07, 6.45) is 1.83. The molecular weight excluding hydrogens is 314 g/mol. The Bertz CT molecular complexity index is 700. The monoisotopic (exact) mass is 343 g/mol. The van der Waals surface area contributed by atoms with E-state index in [0.717, 1.165) is 42.3 Å². The van der Waals surface area contributed by atoms with Crippen LogP contribution in [0.25, 0.3) is 11.5 Å². The number of benzene rings is 1. The molecule has 2 aromatic rings. The molecule has 0 unspecified atom stereocenters. The largest absolute Gasteiger partial charge is 0.357 e. The third kappa shape index (κ3) is 6.21. The van der Waals surface area contributed by atoms with Gasteiger partial charge in [-0.15, -0.1) is 0 Å². The van der Waals surface area contributed by atoms with Crippen LogP contribution in [0.1, 0.15) is 52.4 Å². The Labute approximate surface area is 150 Å². The fourth-order valence-electron chi connectivity index (χ4n) is 2.33. The van der Waals surface area contributed by atoms with Crippen LogP contribution in [-0.4, -0.2) is 28.2 Å². The minimum atomic E-state index is -0.0394. The van der Waals surface area contributed by atoms with Crippen LogP contribution in [0.2, 0.25) is 0 Å². The minimum Gasteiger partial charge on any atom is -0.357 e. The second-order valence-electron chi connectivity index (χ2n) is 7.04. The molecule has 0 saturated heterocycles. The van der Waals surface area contributed by atoms with E-state index in [1.807, 2.05) is 18.2 Å². The number of guanidine groups is 1. The summed E-state index contributed by atoms with van der Waals surface area (Å²) in [4.78, 5) is 9.11. The van der Waals surface area contributed by atoms with E-state index in [-0.39, 0.29) is 5.54 Å². The summed E-state index contributed by atoms with van der Waals surface area (Å²) in [6.45, 7) is 11.9. The van der Waals surface area contributed by atoms with E-state index < -0.39 is 0 Å². The number of aliphatic imine (C=N–C) groups is 1. The van der Waals surface area contributed by atoms with Gasteiger partial charge in [0.1, 0.15) is 0 Å². The van der Waals surface area contributed by atoms with Crippen LogP contribution in [0.3, 0.4) is 0 Å². The highest BCUT2D eigenvalue weighted by Gasteiger charge is 2.12. The van der Waals surface area contributed by atoms with Gasteiger partial charge in [0.2, 0.25) is 0 Å². The molecule has 0 radical (unpaired) electrons. The zero-order chi connectivity index (χ0) is 18.3. The number of aromatic nitrogens is 2. The normalized spacial score (nSPS) is 12.3. The first-order valence-electron chi connectivity index (χ1n) is 8.89. The highest BCUT2D eigenvalue weighted by molar-refractivity contribution is 5.80. The van der Waals surface area contributed by atoms with E-state index in [1.165, 1.54) is 0 Å². The van der Waals surface area contributed by atoms with Crippen molar-refractivity contribution >= 4 is 5.96 Å². The predicted molar refractivity (Wildman–Crippen MR) is 101 cm³/mol. The average Bonchev–Trinajstić information content (AvgIpc) is 3.01. The van der Waals surface area contributed by atoms with Gasteiger partial charge in [-0.3, -0.25) is 0 Å². The van der Waals surface area contributed by atoms with Gasteiger partial charge in [-0.2, -0.15) is 4.98 Å². The summed E-state index contributed by atoms with van der Waals surface area (Å²) in [7, 11) is 0. The third-order valence-electron chi connectivity index (χ3n) is 3.37. The number of hydrogen-bond acceptors (Lipinski definition) is 4. The summed E-state index contributed by atoms with van der Waals surface area (Å²) in [5, 5.41) is 10.7. The molecule has 2 N–H and O–H groups in total. The lowest BCUT2D eigenvalue weighted by molar-refractivity contribution is 0.422. The van der Waals surface area contributed by atoms with E-state index >= 15 is 0 Å². The van der Waals surface area contributed by atoms with Crippen LogP contribution in [-0.2, 0) is 13.0 Å². The van der Waals surface area contributed by atoms with Crippen molar-refractivity contribution in [2.75, 3.05) is 6.54 Å². The molecule has 0 aliphatic carbocycles. The van der Waals surface area contributed by atoms with Crippen molar-refractivity contribution in [3.05, 3.63) is 35.7 Å². The lowest BCUT2D eigenvalue weighted by Crippen LogP contribution is -2.47. The number of hydrogen-bond donors (Lipinski definition) is 2. The summed E-state index contributed by atoms with van der Waals surface area (Å²) < 4.78 is 5.37. The van der Waals surface area contributed by atoms with Crippen LogP contribution >= 0.6 is 0 Å². The smallest absolute Gasteiger partial charge is 0.257 e. The number of nitrogens with one attached hydrogen (secondary N) is 2. The molecule has 136 valence electrons. The molecule has 0 aliphatic rings. The maximum Gasteiger partial charge on any atom is 0.257 e. The van der Waals surface area contributed by atoms with E-state index in [2.05, 4.69) is 66.5 Å². The summed E-state index contributed by atoms with van der Waals surface area (Å²) in [6, 6.07) is 8.08. The molecule has 1 heterocycles. The fourth-order valence-corrected chi connectivity index (χ4v) is 2.33. The predicted octanol–water partition coefficient (Wildman–Crippen LogP) is 3.54. The van der Waals surface area contributed by atoms with Gasteiger partial charge >= 0.3 is 0 Å². The standard InChI is InChI=1S/C19H29N5O/c1-6-9-16-22-17(25-24-16)15-11-8-10-14(12-15)13-21-18(20-7-2)23-19(3,4)5/h8,10-12H,6-7,9,13H2,1-5H3,(H2,20,21,23). The quantitative estimate of drug-likeness (QED) is 0.620. The van der Waals surface area contributed by atoms with Crippen molar-refractivity contribution in [1.29, 1.82) is 0 Å². The van der Waals surface area contributed by atoms with Crippen LogP contribution < -0.4 is 10.6 Å². The maximum absolute atomic E-state index is 5.37. The number of aryl methyl sites for hydroxylation is 1. The van der Waals surface area contributed by atoms with Crippen molar-refractivity contribution in [1.82, 2.24) is 20.8 Å². The van der Waals surface area contributed by atoms with Crippen molar-refractivity contribution in [2.45, 2.75) is 59.5 Å². The van der Waals surface area contributed by atoms with Crippen molar-refractivity contribution < 1.29 is 4.52 Å². The second-order valence-corrected chi connectivity index (χ2v) is 7.04. The zero-order valence-corrected chi connectivity index (χ0v) is 15.9. The third-order valence-corrected chi connectivity index (χ3v) is 3.37. The molecule has 0 saturated carbocycles. The summed E-state index contributed by atoms with van der Waals surface area (Å²) in [5.41, 5.74) is 1.98. The fraction of sp³-hybridized carbons (Fsp3) is 0.526. The molecule has 1 aromatic heterocycles. The Morgan fingerprint density at radius 1 is 1.24 bits per heavy atom. The molecule has 0 spiro atoms. The molecule has 6 nitrogen and oxygen atoms in total. The Hall–Kier alpha value is -2.37. The SMILES string of the molecule is CCCc1noc(-c2cccc(CN=C(NCC)NC(C)(C)C)c2)n1. The zero-order valence-electron chi connectivity index (χ0n) is 15.9. The van der Waals surface area contributed by atoms with Gasteiger partial charge in [0.05, 0.1) is 6.54 Å². The first-order chi connectivity index (χ1) is 11.9. The first kappa shape index (κ1) is 19.0. The van der Waals surface area contributed by atoms with Crippen LogP contribution in [0.5, 0.6) is 0 Å². The van der Waals surface area contributed by atoms with Crippen LogP contribution in [0.15, 0.2) is 33.8 Å². The van der Waals surface area contributed by atoms with Gasteiger partial charge in [0.25, 0.3) is 5.89 Å². The molecular formula is C19H29N5O. The van der Waals surface area contributed by atoms with Gasteiger partial charge in [0, 0.05) is 24.1 Å². The van der Waals surface area contributed by atoms with Gasteiger partial charge in [-0.25, -0.2) is 4.99 Å². The van der Waals surface area contributed by atoms with E-state index in [9.17, 15) is 0 Å². The lowest BCUT2D eigenvalue weighted by atomic mass is 10.1. The highest BCUT2D eigenvalue weighted by atomic mass is 16.5. The second kappa shape index (κ2) is 8.65. The highest BCUT2D eigenvalue weighted by Crippen LogP contribution is 2.19. The van der Waals surface area contributed by atoms with E-state index in [4.69, 9.17) is 4.52 Å². The van der Waals surface area contributed by atoms with E-state index in [0.29, 0.717) is 12.4 Å². The lowest BCUT2D eigenvalue weighted by Gasteiger charge is -2.23. The van der Waals surface area contributed by atoms with Crippen molar-refractivity contribution in [3.8, 4) is 11.5 Å². The van der Waals surface area contributed by atoms with Crippen molar-refractivity contribution in [3.63, 3.8) is 0 Å². The maximum atomic E-state index is 5.37. The van der Waals surface area contributed by atoms with Gasteiger partial charge < -0.3 is 15.2 Å². The van der Waals surface area contributed by atoms with Crippen LogP contribution in [0, 0.1) is 0 Å². The minimum absolute atomic E-state index is 0.0394. The average molecular weight is 343 g/mol. The number of nitrogens with zero attached hydrogens (tertiary/aromatic N) is 3. The van der Waals surface area contributed by atoms with Crippen LogP contribution in [0.4, 0.5) is 0 Å². The molecule has 2 rings (SSSR count). The van der Waals surface area contributed by atoms with Crippen molar-refractivity contribution in [2.24, 2.45) is 4.99 Å². The summed E-state index contributed by atoms with van der Waals surface area (Å²) >= 11 is 0. The molecule has 0 atom stereocenters. The summed E-state index contributed by atoms with van der Waals surface area (Å²) in [5.74, 6) is 2.13. The molecule has 25 heavy (non-hydrogen) atoms. The molecule has 6 heteroatoms. The Balaban J connectivity index is 2.12. The molecule has 1 aromatic carbocycles. The van der Waals surface area contributed by atoms with Gasteiger partial charge in [-0.1, -0.05) is 24.2 Å². The number of rotatable bonds is 6. The topological polar surface area (TPSA) is 75.3 Å². The molecule has 0 amide bonds. The Morgan fingerprint density at radius 3 is 2.72 bits per heavy atom. The Morgan fingerprint density at radius 2 is 2.04 bits per heavy atom. The first-order valence-corrected chi connectivity index (χ1v) is 8.89.